The van der Waals surface area contributed by atoms with E-state index < -0.39 is 0 Å². The zero-order chi connectivity index (χ0) is 10.7. The van der Waals surface area contributed by atoms with Crippen molar-refractivity contribution in [3.8, 4) is 0 Å². The van der Waals surface area contributed by atoms with Crippen LogP contribution in [0.2, 0.25) is 0 Å². The molecule has 0 radical (unpaired) electrons. The van der Waals surface area contributed by atoms with Crippen LogP contribution in [0.4, 0.5) is 0 Å². The van der Waals surface area contributed by atoms with E-state index in [0.29, 0.717) is 17.5 Å². The lowest BCUT2D eigenvalue weighted by molar-refractivity contribution is 0.0942. The van der Waals surface area contributed by atoms with E-state index in [9.17, 15) is 4.79 Å². The fourth-order valence-corrected chi connectivity index (χ4v) is 1.13. The van der Waals surface area contributed by atoms with Crippen LogP contribution in [0.5, 0.6) is 0 Å². The van der Waals surface area contributed by atoms with Gasteiger partial charge in [0.1, 0.15) is 5.69 Å². The molecule has 0 unspecified atom stereocenters. The van der Waals surface area contributed by atoms with Gasteiger partial charge in [-0.3, -0.25) is 4.79 Å². The Hall–Kier alpha value is -2.11. The Labute approximate surface area is 85.7 Å². The number of nitrogens with one attached hydrogen (secondary N) is 2. The summed E-state index contributed by atoms with van der Waals surface area (Å²) in [4.78, 5) is 14.3. The molecule has 0 fully saturated rings. The zero-order valence-corrected chi connectivity index (χ0v) is 8.15. The molecule has 0 aliphatic heterocycles. The predicted octanol–water partition coefficient (Wildman–Crippen LogP) is 0.636. The molecule has 2 rings (SSSR count). The fourth-order valence-electron chi connectivity index (χ4n) is 1.13. The van der Waals surface area contributed by atoms with Crippen LogP contribution < -0.4 is 5.32 Å². The molecule has 0 aliphatic rings. The number of aromatic nitrogens is 3. The number of hydrogen-bond acceptors (Lipinski definition) is 4. The minimum atomic E-state index is -0.198. The lowest BCUT2D eigenvalue weighted by atomic mass is 10.4. The lowest BCUT2D eigenvalue weighted by Crippen LogP contribution is -2.23. The number of amides is 1. The number of carbonyl (C=O) groups is 1. The van der Waals surface area contributed by atoms with Crippen LogP contribution >= 0.6 is 0 Å². The van der Waals surface area contributed by atoms with Gasteiger partial charge in [0.15, 0.2) is 0 Å². The van der Waals surface area contributed by atoms with Gasteiger partial charge in [-0.05, 0) is 12.1 Å². The molecule has 0 spiro atoms. The summed E-state index contributed by atoms with van der Waals surface area (Å²) in [5, 5.41) is 10.1. The lowest BCUT2D eigenvalue weighted by Gasteiger charge is -1.98. The van der Waals surface area contributed by atoms with Crippen LogP contribution in [0.25, 0.3) is 0 Å². The largest absolute Gasteiger partial charge is 0.424 e. The maximum Gasteiger partial charge on any atom is 0.268 e. The molecular formula is C9H10N4O2. The van der Waals surface area contributed by atoms with Gasteiger partial charge in [0.25, 0.3) is 5.91 Å². The molecule has 2 aromatic rings. The zero-order valence-electron chi connectivity index (χ0n) is 8.15. The normalized spacial score (nSPS) is 10.2. The van der Waals surface area contributed by atoms with Gasteiger partial charge < -0.3 is 14.7 Å². The van der Waals surface area contributed by atoms with Crippen LogP contribution in [0.15, 0.2) is 22.7 Å². The molecule has 0 saturated heterocycles. The Morgan fingerprint density at radius 3 is 3.07 bits per heavy atom. The summed E-state index contributed by atoms with van der Waals surface area (Å²) >= 11 is 0. The SMILES string of the molecule is Cc1nnc(CNC(=O)c2ccc[nH]2)o1. The first kappa shape index (κ1) is 9.45. The van der Waals surface area contributed by atoms with Crippen molar-refractivity contribution in [3.63, 3.8) is 0 Å². The highest BCUT2D eigenvalue weighted by atomic mass is 16.4. The molecule has 0 aromatic carbocycles. The van der Waals surface area contributed by atoms with Crippen molar-refractivity contribution in [2.45, 2.75) is 13.5 Å². The van der Waals surface area contributed by atoms with Gasteiger partial charge in [-0.15, -0.1) is 10.2 Å². The Morgan fingerprint density at radius 2 is 2.47 bits per heavy atom. The second kappa shape index (κ2) is 3.95. The number of aromatic amines is 1. The third-order valence-electron chi connectivity index (χ3n) is 1.81. The number of carbonyl (C=O) groups excluding carboxylic acids is 1. The smallest absolute Gasteiger partial charge is 0.268 e. The predicted molar refractivity (Wildman–Crippen MR) is 51.0 cm³/mol. The van der Waals surface area contributed by atoms with Crippen LogP contribution in [0, 0.1) is 6.92 Å². The average Bonchev–Trinajstić information content (AvgIpc) is 2.84. The van der Waals surface area contributed by atoms with E-state index in [1.807, 2.05) is 0 Å². The van der Waals surface area contributed by atoms with Crippen LogP contribution in [-0.4, -0.2) is 21.1 Å². The van der Waals surface area contributed by atoms with E-state index in [4.69, 9.17) is 4.42 Å². The number of H-pyrrole nitrogens is 1. The Morgan fingerprint density at radius 1 is 1.60 bits per heavy atom. The molecule has 2 heterocycles. The number of hydrogen-bond donors (Lipinski definition) is 2. The van der Waals surface area contributed by atoms with E-state index in [2.05, 4.69) is 20.5 Å². The van der Waals surface area contributed by atoms with E-state index >= 15 is 0 Å². The van der Waals surface area contributed by atoms with Crippen molar-refractivity contribution in [1.82, 2.24) is 20.5 Å². The topological polar surface area (TPSA) is 83.8 Å². The number of aryl methyl sites for hydroxylation is 1. The van der Waals surface area contributed by atoms with Crippen LogP contribution in [-0.2, 0) is 6.54 Å². The van der Waals surface area contributed by atoms with Crippen molar-refractivity contribution in [1.29, 1.82) is 0 Å². The summed E-state index contributed by atoms with van der Waals surface area (Å²) in [6, 6.07) is 3.44. The van der Waals surface area contributed by atoms with Gasteiger partial charge in [-0.1, -0.05) is 0 Å². The van der Waals surface area contributed by atoms with E-state index in [0.717, 1.165) is 0 Å². The average molecular weight is 206 g/mol. The molecule has 2 aromatic heterocycles. The molecule has 6 heteroatoms. The number of rotatable bonds is 3. The highest BCUT2D eigenvalue weighted by Gasteiger charge is 2.07. The first-order valence-electron chi connectivity index (χ1n) is 4.46. The minimum Gasteiger partial charge on any atom is -0.424 e. The molecule has 78 valence electrons. The van der Waals surface area contributed by atoms with Crippen molar-refractivity contribution in [2.24, 2.45) is 0 Å². The molecule has 0 bridgehead atoms. The second-order valence-corrected chi connectivity index (χ2v) is 2.98. The van der Waals surface area contributed by atoms with Crippen LogP contribution in [0.3, 0.4) is 0 Å². The third kappa shape index (κ3) is 2.22. The fraction of sp³-hybridized carbons (Fsp3) is 0.222. The summed E-state index contributed by atoms with van der Waals surface area (Å²) in [6.45, 7) is 1.93. The van der Waals surface area contributed by atoms with Crippen molar-refractivity contribution in [2.75, 3.05) is 0 Å². The molecule has 0 aliphatic carbocycles. The van der Waals surface area contributed by atoms with Gasteiger partial charge in [-0.2, -0.15) is 0 Å². The minimum absolute atomic E-state index is 0.198. The summed E-state index contributed by atoms with van der Waals surface area (Å²) < 4.78 is 5.10. The summed E-state index contributed by atoms with van der Waals surface area (Å²) in [7, 11) is 0. The van der Waals surface area contributed by atoms with Gasteiger partial charge in [0, 0.05) is 13.1 Å². The van der Waals surface area contributed by atoms with Crippen molar-refractivity contribution in [3.05, 3.63) is 35.8 Å². The molecule has 2 N–H and O–H groups in total. The first-order chi connectivity index (χ1) is 7.25. The van der Waals surface area contributed by atoms with Crippen LogP contribution in [0.1, 0.15) is 22.3 Å². The summed E-state index contributed by atoms with van der Waals surface area (Å²) in [5.41, 5.74) is 0.506. The molecule has 1 amide bonds. The third-order valence-corrected chi connectivity index (χ3v) is 1.81. The van der Waals surface area contributed by atoms with Gasteiger partial charge in [0.05, 0.1) is 6.54 Å². The maximum atomic E-state index is 11.5. The van der Waals surface area contributed by atoms with Crippen molar-refractivity contribution >= 4 is 5.91 Å². The Bertz CT molecular complexity index is 446. The molecule has 0 atom stereocenters. The highest BCUT2D eigenvalue weighted by molar-refractivity contribution is 5.92. The van der Waals surface area contributed by atoms with E-state index in [1.54, 1.807) is 25.3 Å². The number of nitrogens with zero attached hydrogens (tertiary/aromatic N) is 2. The van der Waals surface area contributed by atoms with Gasteiger partial charge in [-0.25, -0.2) is 0 Å². The first-order valence-corrected chi connectivity index (χ1v) is 4.46. The van der Waals surface area contributed by atoms with Gasteiger partial charge in [0.2, 0.25) is 11.8 Å². The molecular weight excluding hydrogens is 196 g/mol. The van der Waals surface area contributed by atoms with Crippen molar-refractivity contribution < 1.29 is 9.21 Å². The Balaban J connectivity index is 1.91. The molecule has 0 saturated carbocycles. The molecule has 15 heavy (non-hydrogen) atoms. The second-order valence-electron chi connectivity index (χ2n) is 2.98. The summed E-state index contributed by atoms with van der Waals surface area (Å²) in [6.07, 6.45) is 1.69. The van der Waals surface area contributed by atoms with E-state index in [1.165, 1.54) is 0 Å². The maximum absolute atomic E-state index is 11.5. The standard InChI is InChI=1S/C9H10N4O2/c1-6-12-13-8(15-6)5-11-9(14)7-3-2-4-10-7/h2-4,10H,5H2,1H3,(H,11,14). The van der Waals surface area contributed by atoms with Gasteiger partial charge >= 0.3 is 0 Å². The monoisotopic (exact) mass is 206 g/mol. The van der Waals surface area contributed by atoms with E-state index in [-0.39, 0.29) is 12.5 Å². The Kier molecular flexibility index (Phi) is 2.49. The highest BCUT2D eigenvalue weighted by Crippen LogP contribution is 1.98. The summed E-state index contributed by atoms with van der Waals surface area (Å²) in [5.74, 6) is 0.683. The quantitative estimate of drug-likeness (QED) is 0.771. The molecule has 6 nitrogen and oxygen atoms in total.